The van der Waals surface area contributed by atoms with Crippen molar-refractivity contribution in [2.45, 2.75) is 18.5 Å². The van der Waals surface area contributed by atoms with Gasteiger partial charge in [0, 0.05) is 35.9 Å². The summed E-state index contributed by atoms with van der Waals surface area (Å²) in [4.78, 5) is 12.7. The summed E-state index contributed by atoms with van der Waals surface area (Å²) in [7, 11) is 0. The fourth-order valence-electron chi connectivity index (χ4n) is 3.30. The van der Waals surface area contributed by atoms with Crippen LogP contribution in [0.25, 0.3) is 11.0 Å². The van der Waals surface area contributed by atoms with E-state index in [1.807, 2.05) is 72.4 Å². The number of halogens is 1. The number of thioether (sulfide) groups is 1. The van der Waals surface area contributed by atoms with E-state index in [-0.39, 0.29) is 30.4 Å². The van der Waals surface area contributed by atoms with Crippen molar-refractivity contribution in [3.05, 3.63) is 72.0 Å². The van der Waals surface area contributed by atoms with E-state index in [2.05, 4.69) is 10.6 Å². The summed E-state index contributed by atoms with van der Waals surface area (Å²) in [5.74, 6) is 2.90. The molecular weight excluding hydrogens is 380 g/mol. The molecule has 3 aromatic rings. The number of carbonyl (C=O) groups is 1. The quantitative estimate of drug-likeness (QED) is 0.673. The molecule has 1 amide bonds. The average molecular weight is 403 g/mol. The zero-order valence-corrected chi connectivity index (χ0v) is 16.5. The maximum absolute atomic E-state index is 12.7. The highest BCUT2D eigenvalue weighted by molar-refractivity contribution is 7.99. The van der Waals surface area contributed by atoms with Crippen molar-refractivity contribution in [2.75, 3.05) is 18.1 Å². The predicted octanol–water partition coefficient (Wildman–Crippen LogP) is 4.16. The van der Waals surface area contributed by atoms with Gasteiger partial charge in [-0.3, -0.25) is 4.79 Å². The van der Waals surface area contributed by atoms with Crippen LogP contribution in [0, 0.1) is 0 Å². The molecule has 1 aliphatic heterocycles. The second-order valence-electron chi connectivity index (χ2n) is 6.53. The van der Waals surface area contributed by atoms with Crippen LogP contribution >= 0.6 is 24.2 Å². The summed E-state index contributed by atoms with van der Waals surface area (Å²) >= 11 is 1.90. The molecule has 2 aromatic carbocycles. The number of fused-ring (bicyclic) bond motifs is 1. The van der Waals surface area contributed by atoms with E-state index in [9.17, 15) is 4.79 Å². The first kappa shape index (κ1) is 19.8. The fraction of sp³-hybridized carbons (Fsp3) is 0.286. The minimum Gasteiger partial charge on any atom is -0.459 e. The maximum atomic E-state index is 12.7. The molecule has 2 atom stereocenters. The van der Waals surface area contributed by atoms with Crippen LogP contribution in [-0.4, -0.2) is 30.0 Å². The highest BCUT2D eigenvalue weighted by Gasteiger charge is 2.23. The molecule has 2 N–H and O–H groups in total. The van der Waals surface area contributed by atoms with Gasteiger partial charge in [-0.25, -0.2) is 0 Å². The second kappa shape index (κ2) is 9.31. The van der Waals surface area contributed by atoms with Gasteiger partial charge in [-0.2, -0.15) is 11.8 Å². The average Bonchev–Trinajstić information content (AvgIpc) is 3.11. The van der Waals surface area contributed by atoms with Crippen LogP contribution in [0.4, 0.5) is 0 Å². The molecule has 27 heavy (non-hydrogen) atoms. The van der Waals surface area contributed by atoms with E-state index in [0.29, 0.717) is 6.42 Å². The molecule has 0 bridgehead atoms. The zero-order chi connectivity index (χ0) is 17.8. The number of amides is 1. The number of hydrogen-bond donors (Lipinski definition) is 2. The lowest BCUT2D eigenvalue weighted by molar-refractivity contribution is -0.122. The van der Waals surface area contributed by atoms with E-state index < -0.39 is 0 Å². The Kier molecular flexibility index (Phi) is 6.83. The number of nitrogens with one attached hydrogen (secondary N) is 2. The molecule has 1 saturated heterocycles. The number of rotatable bonds is 5. The first-order chi connectivity index (χ1) is 12.8. The number of para-hydroxylation sites is 1. The van der Waals surface area contributed by atoms with E-state index in [1.54, 1.807) is 0 Å². The van der Waals surface area contributed by atoms with Crippen LogP contribution in [0.5, 0.6) is 0 Å². The van der Waals surface area contributed by atoms with Crippen molar-refractivity contribution in [2.24, 2.45) is 0 Å². The normalized spacial score (nSPS) is 17.9. The molecule has 142 valence electrons. The van der Waals surface area contributed by atoms with E-state index in [0.717, 1.165) is 40.3 Å². The third-order valence-electron chi connectivity index (χ3n) is 4.60. The molecule has 0 spiro atoms. The lowest BCUT2D eigenvalue weighted by Gasteiger charge is -2.24. The molecule has 1 aromatic heterocycles. The van der Waals surface area contributed by atoms with Crippen LogP contribution < -0.4 is 10.6 Å². The van der Waals surface area contributed by atoms with Gasteiger partial charge in [-0.05, 0) is 17.7 Å². The molecule has 2 heterocycles. The summed E-state index contributed by atoms with van der Waals surface area (Å²) in [5.41, 5.74) is 1.86. The monoisotopic (exact) mass is 402 g/mol. The summed E-state index contributed by atoms with van der Waals surface area (Å²) in [6, 6.07) is 19.9. The molecule has 4 rings (SSSR count). The number of carbonyl (C=O) groups excluding carboxylic acids is 1. The van der Waals surface area contributed by atoms with Crippen molar-refractivity contribution in [1.82, 2.24) is 10.6 Å². The van der Waals surface area contributed by atoms with Gasteiger partial charge in [0.2, 0.25) is 5.91 Å². The Balaban J connectivity index is 0.00000210. The molecular formula is C21H23ClN2O2S. The van der Waals surface area contributed by atoms with E-state index in [1.165, 1.54) is 0 Å². The van der Waals surface area contributed by atoms with Gasteiger partial charge in [0.1, 0.15) is 17.4 Å². The number of benzene rings is 2. The third kappa shape index (κ3) is 4.86. The molecule has 0 aliphatic carbocycles. The summed E-state index contributed by atoms with van der Waals surface area (Å²) in [5, 5.41) is 7.64. The molecule has 0 saturated carbocycles. The van der Waals surface area contributed by atoms with Crippen molar-refractivity contribution < 1.29 is 9.21 Å². The Labute approximate surface area is 169 Å². The van der Waals surface area contributed by atoms with Crippen LogP contribution in [0.1, 0.15) is 23.8 Å². The van der Waals surface area contributed by atoms with Crippen molar-refractivity contribution in [3.8, 4) is 0 Å². The summed E-state index contributed by atoms with van der Waals surface area (Å²) in [6.45, 7) is 0.967. The second-order valence-corrected chi connectivity index (χ2v) is 7.68. The van der Waals surface area contributed by atoms with Gasteiger partial charge in [0.15, 0.2) is 0 Å². The first-order valence-corrected chi connectivity index (χ1v) is 10.1. The highest BCUT2D eigenvalue weighted by Crippen LogP contribution is 2.28. The Morgan fingerprint density at radius 3 is 2.70 bits per heavy atom. The van der Waals surface area contributed by atoms with Crippen LogP contribution in [0.15, 0.2) is 65.1 Å². The minimum absolute atomic E-state index is 0. The van der Waals surface area contributed by atoms with Crippen LogP contribution in [-0.2, 0) is 4.79 Å². The van der Waals surface area contributed by atoms with Gasteiger partial charge in [-0.1, -0.05) is 48.5 Å². The Bertz CT molecular complexity index is 845. The maximum Gasteiger partial charge on any atom is 0.222 e. The van der Waals surface area contributed by atoms with Gasteiger partial charge in [-0.15, -0.1) is 12.4 Å². The lowest BCUT2D eigenvalue weighted by atomic mass is 10.0. The number of furan rings is 1. The molecule has 0 radical (unpaired) electrons. The van der Waals surface area contributed by atoms with Crippen LogP contribution in [0.2, 0.25) is 0 Å². The molecule has 1 fully saturated rings. The summed E-state index contributed by atoms with van der Waals surface area (Å²) in [6.07, 6.45) is 0.483. The smallest absolute Gasteiger partial charge is 0.222 e. The Morgan fingerprint density at radius 2 is 1.96 bits per heavy atom. The minimum atomic E-state index is -0.285. The Hall–Kier alpha value is -1.95. The van der Waals surface area contributed by atoms with Crippen LogP contribution in [0.3, 0.4) is 0 Å². The van der Waals surface area contributed by atoms with Crippen molar-refractivity contribution in [3.63, 3.8) is 0 Å². The van der Waals surface area contributed by atoms with Crippen molar-refractivity contribution in [1.29, 1.82) is 0 Å². The molecule has 4 nitrogen and oxygen atoms in total. The predicted molar refractivity (Wildman–Crippen MR) is 114 cm³/mol. The van der Waals surface area contributed by atoms with Crippen molar-refractivity contribution >= 4 is 41.0 Å². The molecule has 1 aliphatic rings. The first-order valence-electron chi connectivity index (χ1n) is 8.93. The van der Waals surface area contributed by atoms with Gasteiger partial charge < -0.3 is 15.1 Å². The number of hydrogen-bond acceptors (Lipinski definition) is 4. The topological polar surface area (TPSA) is 54.3 Å². The lowest BCUT2D eigenvalue weighted by Crippen LogP contribution is -2.42. The highest BCUT2D eigenvalue weighted by atomic mass is 35.5. The molecule has 2 unspecified atom stereocenters. The van der Waals surface area contributed by atoms with E-state index >= 15 is 0 Å². The molecule has 6 heteroatoms. The Morgan fingerprint density at radius 1 is 1.19 bits per heavy atom. The van der Waals surface area contributed by atoms with Gasteiger partial charge in [0.25, 0.3) is 0 Å². The SMILES string of the molecule is Cl.O=C(CC1CSCCN1)NC(c1ccccc1)c1cc2ccccc2o1. The third-order valence-corrected chi connectivity index (χ3v) is 5.73. The summed E-state index contributed by atoms with van der Waals surface area (Å²) < 4.78 is 6.04. The van der Waals surface area contributed by atoms with Gasteiger partial charge >= 0.3 is 0 Å². The van der Waals surface area contributed by atoms with E-state index in [4.69, 9.17) is 4.42 Å². The fourth-order valence-corrected chi connectivity index (χ4v) is 4.25. The van der Waals surface area contributed by atoms with Gasteiger partial charge in [0.05, 0.1) is 0 Å². The zero-order valence-electron chi connectivity index (χ0n) is 14.9. The largest absolute Gasteiger partial charge is 0.459 e. The standard InChI is InChI=1S/C21H22N2O2S.ClH/c24-20(13-17-14-26-11-10-22-17)23-21(15-6-2-1-3-7-15)19-12-16-8-4-5-9-18(16)25-19;/h1-9,12,17,21-22H,10-11,13-14H2,(H,23,24);1H.